The number of hydrogen-bond donors (Lipinski definition) is 0. The van der Waals surface area contributed by atoms with Gasteiger partial charge in [0.05, 0.1) is 19.1 Å². The van der Waals surface area contributed by atoms with Crippen molar-refractivity contribution in [1.82, 2.24) is 0 Å². The van der Waals surface area contributed by atoms with Crippen molar-refractivity contribution in [2.75, 3.05) is 13.2 Å². The summed E-state index contributed by atoms with van der Waals surface area (Å²) >= 11 is 0. The zero-order valence-electron chi connectivity index (χ0n) is 8.99. The number of fused-ring (bicyclic) bond motifs is 1. The van der Waals surface area contributed by atoms with Gasteiger partial charge < -0.3 is 14.2 Å². The van der Waals surface area contributed by atoms with E-state index < -0.39 is 0 Å². The minimum Gasteiger partial charge on any atom is -0.460 e. The molecule has 0 bridgehead atoms. The van der Waals surface area contributed by atoms with Gasteiger partial charge in [0.25, 0.3) is 0 Å². The first-order valence-electron chi connectivity index (χ1n) is 5.18. The predicted molar refractivity (Wildman–Crippen MR) is 50.7 cm³/mol. The first kappa shape index (κ1) is 11.5. The highest BCUT2D eigenvalue weighted by Gasteiger charge is 2.43. The Morgan fingerprint density at radius 1 is 1.36 bits per heavy atom. The van der Waals surface area contributed by atoms with Crippen molar-refractivity contribution in [3.05, 3.63) is 0 Å². The predicted octanol–water partition coefficient (Wildman–Crippen LogP) is 1.34. The molecule has 0 radical (unpaired) electrons. The molecule has 2 fully saturated rings. The van der Waals surface area contributed by atoms with Crippen LogP contribution in [-0.2, 0) is 19.0 Å². The van der Waals surface area contributed by atoms with E-state index in [2.05, 4.69) is 0 Å². The second-order valence-electron chi connectivity index (χ2n) is 3.17. The summed E-state index contributed by atoms with van der Waals surface area (Å²) in [7, 11) is 0. The van der Waals surface area contributed by atoms with E-state index in [9.17, 15) is 4.79 Å². The molecule has 0 N–H and O–H groups in total. The van der Waals surface area contributed by atoms with Gasteiger partial charge in [-0.2, -0.15) is 0 Å². The SMILES string of the molecule is CC.CC(=O)O[C@H]1CO[C@H]2OCC[C@H]21. The third kappa shape index (κ3) is 2.45. The van der Waals surface area contributed by atoms with Gasteiger partial charge in [-0.3, -0.25) is 4.79 Å². The Bertz CT molecular complexity index is 193. The molecule has 2 rings (SSSR count). The zero-order chi connectivity index (χ0) is 10.6. The molecule has 2 saturated heterocycles. The van der Waals surface area contributed by atoms with Crippen LogP contribution >= 0.6 is 0 Å². The Balaban J connectivity index is 0.000000461. The summed E-state index contributed by atoms with van der Waals surface area (Å²) in [5.41, 5.74) is 0. The molecule has 0 aliphatic carbocycles. The summed E-state index contributed by atoms with van der Waals surface area (Å²) in [5.74, 6) is 0.0186. The van der Waals surface area contributed by atoms with Crippen LogP contribution in [0.3, 0.4) is 0 Å². The molecule has 82 valence electrons. The third-order valence-corrected chi connectivity index (χ3v) is 2.30. The van der Waals surface area contributed by atoms with Crippen LogP contribution in [0.4, 0.5) is 0 Å². The smallest absolute Gasteiger partial charge is 0.302 e. The number of ether oxygens (including phenoxy) is 3. The molecule has 0 unspecified atom stereocenters. The molecule has 0 aromatic heterocycles. The number of carbonyl (C=O) groups is 1. The molecule has 0 spiro atoms. The monoisotopic (exact) mass is 202 g/mol. The van der Waals surface area contributed by atoms with Crippen molar-refractivity contribution >= 4 is 5.97 Å². The topological polar surface area (TPSA) is 44.8 Å². The fourth-order valence-corrected chi connectivity index (χ4v) is 1.76. The zero-order valence-corrected chi connectivity index (χ0v) is 8.99. The van der Waals surface area contributed by atoms with Crippen molar-refractivity contribution in [1.29, 1.82) is 0 Å². The number of hydrogen-bond acceptors (Lipinski definition) is 4. The first-order valence-corrected chi connectivity index (χ1v) is 5.18. The molecule has 3 atom stereocenters. The number of carbonyl (C=O) groups excluding carboxylic acids is 1. The quantitative estimate of drug-likeness (QED) is 0.602. The van der Waals surface area contributed by atoms with Gasteiger partial charge in [0.1, 0.15) is 6.10 Å². The Hall–Kier alpha value is -0.610. The van der Waals surface area contributed by atoms with E-state index in [1.165, 1.54) is 6.92 Å². The van der Waals surface area contributed by atoms with Crippen LogP contribution in [0.1, 0.15) is 27.2 Å². The van der Waals surface area contributed by atoms with E-state index in [1.54, 1.807) is 0 Å². The maximum Gasteiger partial charge on any atom is 0.302 e. The van der Waals surface area contributed by atoms with Crippen LogP contribution in [0.2, 0.25) is 0 Å². The second-order valence-corrected chi connectivity index (χ2v) is 3.17. The fourth-order valence-electron chi connectivity index (χ4n) is 1.76. The van der Waals surface area contributed by atoms with E-state index in [0.29, 0.717) is 13.2 Å². The van der Waals surface area contributed by atoms with Crippen LogP contribution in [0.25, 0.3) is 0 Å². The minimum absolute atomic E-state index is 0.0880. The molecule has 2 aliphatic heterocycles. The first-order chi connectivity index (χ1) is 6.77. The number of esters is 1. The Kier molecular flexibility index (Phi) is 4.35. The lowest BCUT2D eigenvalue weighted by Crippen LogP contribution is -2.25. The summed E-state index contributed by atoms with van der Waals surface area (Å²) in [6, 6.07) is 0. The van der Waals surface area contributed by atoms with Gasteiger partial charge in [-0.1, -0.05) is 13.8 Å². The summed E-state index contributed by atoms with van der Waals surface area (Å²) in [5, 5.41) is 0. The second kappa shape index (κ2) is 5.32. The van der Waals surface area contributed by atoms with Gasteiger partial charge in [0, 0.05) is 6.92 Å². The fraction of sp³-hybridized carbons (Fsp3) is 0.900. The van der Waals surface area contributed by atoms with E-state index in [0.717, 1.165) is 6.42 Å². The van der Waals surface area contributed by atoms with Crippen LogP contribution in [0.5, 0.6) is 0 Å². The molecule has 0 aromatic carbocycles. The summed E-state index contributed by atoms with van der Waals surface area (Å²) in [6.07, 6.45) is 0.715. The lowest BCUT2D eigenvalue weighted by molar-refractivity contribution is -0.147. The third-order valence-electron chi connectivity index (χ3n) is 2.30. The molecule has 4 nitrogen and oxygen atoms in total. The van der Waals surface area contributed by atoms with Crippen LogP contribution in [0, 0.1) is 5.92 Å². The summed E-state index contributed by atoms with van der Waals surface area (Å²) < 4.78 is 15.6. The van der Waals surface area contributed by atoms with Gasteiger partial charge >= 0.3 is 5.97 Å². The molecule has 4 heteroatoms. The van der Waals surface area contributed by atoms with Crippen LogP contribution in [-0.4, -0.2) is 31.6 Å². The van der Waals surface area contributed by atoms with Crippen LogP contribution in [0.15, 0.2) is 0 Å². The normalized spacial score (nSPS) is 34.4. The summed E-state index contributed by atoms with van der Waals surface area (Å²) in [6.45, 7) is 6.62. The van der Waals surface area contributed by atoms with Crippen molar-refractivity contribution in [3.63, 3.8) is 0 Å². The standard InChI is InChI=1S/C8H12O4.C2H6/c1-5(9)12-7-4-11-8-6(7)2-3-10-8;1-2/h6-8H,2-4H2,1H3;1-2H3/t6-,7-,8+;/m0./s1. The van der Waals surface area contributed by atoms with Crippen molar-refractivity contribution in [3.8, 4) is 0 Å². The highest BCUT2D eigenvalue weighted by atomic mass is 16.7. The van der Waals surface area contributed by atoms with E-state index >= 15 is 0 Å². The molecular weight excluding hydrogens is 184 g/mol. The molecule has 0 amide bonds. The molecular formula is C10H18O4. The Morgan fingerprint density at radius 2 is 2.07 bits per heavy atom. The average Bonchev–Trinajstić information content (AvgIpc) is 2.73. The van der Waals surface area contributed by atoms with Crippen LogP contribution < -0.4 is 0 Å². The minimum atomic E-state index is -0.240. The molecule has 0 saturated carbocycles. The molecule has 0 aromatic rings. The van der Waals surface area contributed by atoms with Crippen molar-refractivity contribution in [2.45, 2.75) is 39.6 Å². The van der Waals surface area contributed by atoms with E-state index in [1.807, 2.05) is 13.8 Å². The van der Waals surface area contributed by atoms with E-state index in [4.69, 9.17) is 14.2 Å². The molecule has 2 heterocycles. The van der Waals surface area contributed by atoms with Gasteiger partial charge in [0.15, 0.2) is 6.29 Å². The largest absolute Gasteiger partial charge is 0.460 e. The maximum atomic E-state index is 10.7. The lowest BCUT2D eigenvalue weighted by atomic mass is 10.0. The van der Waals surface area contributed by atoms with Crippen molar-refractivity contribution < 1.29 is 19.0 Å². The van der Waals surface area contributed by atoms with E-state index in [-0.39, 0.29) is 24.3 Å². The molecule has 2 aliphatic rings. The maximum absolute atomic E-state index is 10.7. The average molecular weight is 202 g/mol. The van der Waals surface area contributed by atoms with Crippen molar-refractivity contribution in [2.24, 2.45) is 5.92 Å². The highest BCUT2D eigenvalue weighted by Crippen LogP contribution is 2.32. The van der Waals surface area contributed by atoms with Gasteiger partial charge in [-0.05, 0) is 6.42 Å². The Morgan fingerprint density at radius 3 is 2.71 bits per heavy atom. The summed E-state index contributed by atoms with van der Waals surface area (Å²) in [4.78, 5) is 10.7. The lowest BCUT2D eigenvalue weighted by Gasteiger charge is -2.13. The number of rotatable bonds is 1. The van der Waals surface area contributed by atoms with Gasteiger partial charge in [0.2, 0.25) is 0 Å². The highest BCUT2D eigenvalue weighted by molar-refractivity contribution is 5.66. The molecule has 14 heavy (non-hydrogen) atoms. The van der Waals surface area contributed by atoms with Gasteiger partial charge in [-0.25, -0.2) is 0 Å². The Labute approximate surface area is 84.5 Å². The van der Waals surface area contributed by atoms with Gasteiger partial charge in [-0.15, -0.1) is 0 Å².